The van der Waals surface area contributed by atoms with Gasteiger partial charge >= 0.3 is 0 Å². The van der Waals surface area contributed by atoms with Crippen LogP contribution in [-0.4, -0.2) is 63.9 Å². The zero-order valence-electron chi connectivity index (χ0n) is 15.2. The summed E-state index contributed by atoms with van der Waals surface area (Å²) in [6, 6.07) is 3.75. The van der Waals surface area contributed by atoms with Crippen molar-refractivity contribution in [3.63, 3.8) is 0 Å². The van der Waals surface area contributed by atoms with Crippen LogP contribution in [-0.2, 0) is 11.3 Å². The first-order chi connectivity index (χ1) is 12.1. The molecule has 0 bridgehead atoms. The van der Waals surface area contributed by atoms with Crippen LogP contribution in [0.4, 0.5) is 0 Å². The van der Waals surface area contributed by atoms with E-state index in [1.54, 1.807) is 21.3 Å². The lowest BCUT2D eigenvalue weighted by molar-refractivity contribution is -0.131. The summed E-state index contributed by atoms with van der Waals surface area (Å²) in [6.45, 7) is 3.96. The van der Waals surface area contributed by atoms with Crippen LogP contribution in [0, 0.1) is 0 Å². The molecule has 2 N–H and O–H groups in total. The first-order valence-corrected chi connectivity index (χ1v) is 8.66. The predicted molar refractivity (Wildman–Crippen MR) is 94.4 cm³/mol. The number of methoxy groups -OCH3 is 3. The lowest BCUT2D eigenvalue weighted by Gasteiger charge is -2.43. The van der Waals surface area contributed by atoms with Crippen molar-refractivity contribution in [1.29, 1.82) is 0 Å². The molecule has 0 radical (unpaired) electrons. The highest BCUT2D eigenvalue weighted by Gasteiger charge is 2.42. The van der Waals surface area contributed by atoms with Crippen LogP contribution < -0.4 is 24.8 Å². The number of nitrogens with one attached hydrogen (secondary N) is 2. The molecule has 1 aromatic rings. The number of ether oxygens (including phenoxy) is 3. The van der Waals surface area contributed by atoms with Gasteiger partial charge in [-0.25, -0.2) is 0 Å². The van der Waals surface area contributed by atoms with Crippen molar-refractivity contribution in [3.8, 4) is 17.2 Å². The summed E-state index contributed by atoms with van der Waals surface area (Å²) in [6.07, 6.45) is 1.61. The van der Waals surface area contributed by atoms with E-state index in [1.807, 2.05) is 12.1 Å². The van der Waals surface area contributed by atoms with Crippen molar-refractivity contribution < 1.29 is 19.0 Å². The second-order valence-electron chi connectivity index (χ2n) is 6.55. The van der Waals surface area contributed by atoms with E-state index in [-0.39, 0.29) is 5.91 Å². The van der Waals surface area contributed by atoms with Crippen molar-refractivity contribution >= 4 is 5.91 Å². The van der Waals surface area contributed by atoms with Gasteiger partial charge in [0, 0.05) is 44.9 Å². The number of piperazine rings is 1. The Kier molecular flexibility index (Phi) is 5.34. The van der Waals surface area contributed by atoms with E-state index >= 15 is 0 Å². The second kappa shape index (κ2) is 7.49. The molecular weight excluding hydrogens is 322 g/mol. The quantitative estimate of drug-likeness (QED) is 0.818. The molecule has 2 aliphatic heterocycles. The predicted octanol–water partition coefficient (Wildman–Crippen LogP) is 0.766. The number of carbonyl (C=O) groups is 1. The highest BCUT2D eigenvalue weighted by molar-refractivity contribution is 5.87. The fraction of sp³-hybridized carbons (Fsp3) is 0.611. The Hall–Kier alpha value is -1.99. The molecule has 7 nitrogen and oxygen atoms in total. The average Bonchev–Trinajstić information content (AvgIpc) is 2.66. The molecule has 2 aliphatic rings. The van der Waals surface area contributed by atoms with Crippen LogP contribution in [0.5, 0.6) is 17.2 Å². The minimum Gasteiger partial charge on any atom is -0.496 e. The van der Waals surface area contributed by atoms with Crippen molar-refractivity contribution in [3.05, 3.63) is 17.7 Å². The number of nitrogens with zero attached hydrogens (tertiary/aromatic N) is 1. The van der Waals surface area contributed by atoms with Gasteiger partial charge in [0.2, 0.25) is 5.91 Å². The van der Waals surface area contributed by atoms with E-state index in [1.165, 1.54) is 0 Å². The van der Waals surface area contributed by atoms with E-state index in [2.05, 4.69) is 15.5 Å². The molecule has 25 heavy (non-hydrogen) atoms. The van der Waals surface area contributed by atoms with E-state index in [4.69, 9.17) is 14.2 Å². The van der Waals surface area contributed by atoms with E-state index in [9.17, 15) is 4.79 Å². The van der Waals surface area contributed by atoms with Crippen molar-refractivity contribution in [2.24, 2.45) is 0 Å². The fourth-order valence-corrected chi connectivity index (χ4v) is 3.68. The number of hydrogen-bond donors (Lipinski definition) is 2. The number of amides is 1. The van der Waals surface area contributed by atoms with Gasteiger partial charge < -0.3 is 24.8 Å². The largest absolute Gasteiger partial charge is 0.496 e. The zero-order chi connectivity index (χ0) is 17.9. The molecule has 138 valence electrons. The Morgan fingerprint density at radius 2 is 1.68 bits per heavy atom. The lowest BCUT2D eigenvalue weighted by atomic mass is 9.85. The summed E-state index contributed by atoms with van der Waals surface area (Å²) in [5, 5.41) is 6.41. The highest BCUT2D eigenvalue weighted by Crippen LogP contribution is 2.36. The van der Waals surface area contributed by atoms with Crippen LogP contribution in [0.3, 0.4) is 0 Å². The van der Waals surface area contributed by atoms with E-state index < -0.39 is 5.54 Å². The molecule has 2 fully saturated rings. The average molecular weight is 349 g/mol. The monoisotopic (exact) mass is 349 g/mol. The normalized spacial score (nSPS) is 20.2. The Bertz CT molecular complexity index is 602. The van der Waals surface area contributed by atoms with Crippen LogP contribution in [0.2, 0.25) is 0 Å². The number of carbonyl (C=O) groups excluding carboxylic acids is 1. The van der Waals surface area contributed by atoms with Crippen LogP contribution in [0.25, 0.3) is 0 Å². The summed E-state index contributed by atoms with van der Waals surface area (Å²) >= 11 is 0. The Morgan fingerprint density at radius 3 is 2.20 bits per heavy atom. The maximum atomic E-state index is 12.3. The number of piperidine rings is 1. The lowest BCUT2D eigenvalue weighted by Crippen LogP contribution is -2.66. The summed E-state index contributed by atoms with van der Waals surface area (Å²) in [4.78, 5) is 14.6. The molecule has 1 amide bonds. The van der Waals surface area contributed by atoms with Crippen LogP contribution in [0.1, 0.15) is 18.4 Å². The van der Waals surface area contributed by atoms with Gasteiger partial charge in [0.25, 0.3) is 0 Å². The standard InChI is InChI=1S/C18H27N3O4/c1-23-13-10-15(24-2)14(16(11-13)25-3)12-21-8-4-18(5-9-21)17(22)19-6-7-20-18/h10-11,20H,4-9,12H2,1-3H3,(H,19,22). The first kappa shape index (κ1) is 17.8. The van der Waals surface area contributed by atoms with Gasteiger partial charge in [0.15, 0.2) is 0 Å². The second-order valence-corrected chi connectivity index (χ2v) is 6.55. The molecule has 2 saturated heterocycles. The summed E-state index contributed by atoms with van der Waals surface area (Å²) < 4.78 is 16.4. The number of benzene rings is 1. The van der Waals surface area contributed by atoms with Gasteiger partial charge in [0.05, 0.1) is 26.9 Å². The van der Waals surface area contributed by atoms with Crippen molar-refractivity contribution in [2.75, 3.05) is 47.5 Å². The van der Waals surface area contributed by atoms with Gasteiger partial charge in [-0.15, -0.1) is 0 Å². The summed E-state index contributed by atoms with van der Waals surface area (Å²) in [5.74, 6) is 2.35. The summed E-state index contributed by atoms with van der Waals surface area (Å²) in [5.41, 5.74) is 0.603. The van der Waals surface area contributed by atoms with Gasteiger partial charge in [-0.05, 0) is 12.8 Å². The first-order valence-electron chi connectivity index (χ1n) is 8.66. The van der Waals surface area contributed by atoms with E-state index in [0.29, 0.717) is 18.8 Å². The van der Waals surface area contributed by atoms with Gasteiger partial charge in [0.1, 0.15) is 22.8 Å². The fourth-order valence-electron chi connectivity index (χ4n) is 3.68. The smallest absolute Gasteiger partial charge is 0.240 e. The maximum Gasteiger partial charge on any atom is 0.240 e. The molecule has 0 aliphatic carbocycles. The van der Waals surface area contributed by atoms with E-state index in [0.717, 1.165) is 49.5 Å². The van der Waals surface area contributed by atoms with Gasteiger partial charge in [-0.3, -0.25) is 9.69 Å². The molecule has 1 spiro atoms. The SMILES string of the molecule is COc1cc(OC)c(CN2CCC3(CC2)NCCNC3=O)c(OC)c1. The third-order valence-electron chi connectivity index (χ3n) is 5.22. The zero-order valence-corrected chi connectivity index (χ0v) is 15.2. The molecule has 0 atom stereocenters. The minimum atomic E-state index is -0.400. The molecule has 0 aromatic heterocycles. The number of likely N-dealkylation sites (tertiary alicyclic amines) is 1. The van der Waals surface area contributed by atoms with Crippen molar-refractivity contribution in [1.82, 2.24) is 15.5 Å². The number of rotatable bonds is 5. The molecule has 2 heterocycles. The molecule has 1 aromatic carbocycles. The minimum absolute atomic E-state index is 0.137. The molecule has 7 heteroatoms. The highest BCUT2D eigenvalue weighted by atomic mass is 16.5. The number of hydrogen-bond acceptors (Lipinski definition) is 6. The molecule has 0 saturated carbocycles. The topological polar surface area (TPSA) is 72.1 Å². The molecular formula is C18H27N3O4. The van der Waals surface area contributed by atoms with Gasteiger partial charge in [-0.1, -0.05) is 0 Å². The molecule has 3 rings (SSSR count). The Morgan fingerprint density at radius 1 is 1.04 bits per heavy atom. The summed E-state index contributed by atoms with van der Waals surface area (Å²) in [7, 11) is 4.93. The third kappa shape index (κ3) is 3.52. The van der Waals surface area contributed by atoms with Crippen LogP contribution >= 0.6 is 0 Å². The maximum absolute atomic E-state index is 12.3. The van der Waals surface area contributed by atoms with Crippen LogP contribution in [0.15, 0.2) is 12.1 Å². The van der Waals surface area contributed by atoms with Crippen molar-refractivity contribution in [2.45, 2.75) is 24.9 Å². The van der Waals surface area contributed by atoms with Gasteiger partial charge in [-0.2, -0.15) is 0 Å². The molecule has 0 unspecified atom stereocenters. The Labute approximate surface area is 148 Å². The third-order valence-corrected chi connectivity index (χ3v) is 5.22. The Balaban J connectivity index is 1.72.